The highest BCUT2D eigenvalue weighted by Gasteiger charge is 2.39. The molecule has 6 rings (SSSR count). The summed E-state index contributed by atoms with van der Waals surface area (Å²) in [6.07, 6.45) is 13.5. The average molecular weight is 620 g/mol. The predicted molar refractivity (Wildman–Crippen MR) is 170 cm³/mol. The van der Waals surface area contributed by atoms with Gasteiger partial charge in [0.2, 0.25) is 5.91 Å². The van der Waals surface area contributed by atoms with Crippen molar-refractivity contribution < 1.29 is 24.1 Å². The Morgan fingerprint density at radius 3 is 2.43 bits per heavy atom. The molecule has 1 amide bonds. The second-order valence-electron chi connectivity index (χ2n) is 15.0. The van der Waals surface area contributed by atoms with Gasteiger partial charge in [0.15, 0.2) is 0 Å². The van der Waals surface area contributed by atoms with Crippen molar-refractivity contribution in [1.29, 1.82) is 0 Å². The summed E-state index contributed by atoms with van der Waals surface area (Å²) in [4.78, 5) is 15.7. The fraction of sp³-hybridized carbons (Fsp3) is 0.971. The molecule has 252 valence electrons. The van der Waals surface area contributed by atoms with Crippen LogP contribution in [0.15, 0.2) is 0 Å². The maximum Gasteiger partial charge on any atom is 0.223 e. The average Bonchev–Trinajstić information content (AvgIpc) is 3.48. The second kappa shape index (κ2) is 16.3. The van der Waals surface area contributed by atoms with E-state index in [9.17, 15) is 9.90 Å². The number of hydrogen-bond acceptors (Lipinski definition) is 9. The van der Waals surface area contributed by atoms with Crippen LogP contribution in [0.2, 0.25) is 0 Å². The summed E-state index contributed by atoms with van der Waals surface area (Å²) in [5.41, 5.74) is 0. The normalized spacial score (nSPS) is 38.7. The van der Waals surface area contributed by atoms with Crippen molar-refractivity contribution >= 4 is 5.91 Å². The van der Waals surface area contributed by atoms with Gasteiger partial charge in [0.1, 0.15) is 0 Å². The van der Waals surface area contributed by atoms with E-state index in [1.54, 1.807) is 0 Å². The van der Waals surface area contributed by atoms with Crippen molar-refractivity contribution in [2.24, 2.45) is 23.7 Å². The van der Waals surface area contributed by atoms with Crippen LogP contribution in [0.4, 0.5) is 0 Å². The maximum absolute atomic E-state index is 13.0. The Hall–Kier alpha value is -0.850. The van der Waals surface area contributed by atoms with Gasteiger partial charge in [-0.2, -0.15) is 0 Å². The zero-order valence-electron chi connectivity index (χ0n) is 27.2. The molecule has 0 aromatic rings. The summed E-state index contributed by atoms with van der Waals surface area (Å²) in [6.45, 7) is 10.6. The number of ether oxygens (including phenoxy) is 3. The third-order valence-corrected chi connectivity index (χ3v) is 11.9. The van der Waals surface area contributed by atoms with Crippen molar-refractivity contribution in [2.75, 3.05) is 59.2 Å². The van der Waals surface area contributed by atoms with Gasteiger partial charge in [-0.3, -0.25) is 10.1 Å². The van der Waals surface area contributed by atoms with E-state index in [1.807, 2.05) is 0 Å². The number of rotatable bonds is 11. The smallest absolute Gasteiger partial charge is 0.223 e. The molecule has 4 heterocycles. The van der Waals surface area contributed by atoms with Crippen molar-refractivity contribution in [3.63, 3.8) is 0 Å². The molecule has 4 aliphatic heterocycles. The van der Waals surface area contributed by atoms with Gasteiger partial charge in [-0.15, -0.1) is 0 Å². The van der Waals surface area contributed by atoms with Gasteiger partial charge in [-0.25, -0.2) is 0 Å². The lowest BCUT2D eigenvalue weighted by Gasteiger charge is -2.43. The van der Waals surface area contributed by atoms with Crippen LogP contribution in [-0.4, -0.2) is 118 Å². The lowest BCUT2D eigenvalue weighted by atomic mass is 9.72. The van der Waals surface area contributed by atoms with E-state index in [0.29, 0.717) is 56.1 Å². The number of carbonyl (C=O) groups excluding carboxylic acids is 1. The Kier molecular flexibility index (Phi) is 12.3. The summed E-state index contributed by atoms with van der Waals surface area (Å²) in [6, 6.07) is 0.393. The summed E-state index contributed by atoms with van der Waals surface area (Å²) in [5, 5.41) is 24.5. The molecule has 6 aliphatic rings. The number of carbonyl (C=O) groups is 1. The molecule has 0 radical (unpaired) electrons. The van der Waals surface area contributed by atoms with E-state index < -0.39 is 6.10 Å². The van der Waals surface area contributed by atoms with Crippen LogP contribution in [0.3, 0.4) is 0 Å². The minimum Gasteiger partial charge on any atom is -0.390 e. The van der Waals surface area contributed by atoms with Gasteiger partial charge < -0.3 is 40.2 Å². The first-order valence-electron chi connectivity index (χ1n) is 18.2. The van der Waals surface area contributed by atoms with Crippen molar-refractivity contribution in [3.05, 3.63) is 0 Å². The SMILES string of the molecule is CC1NCOC1COC1CCC2C[C@@H]([C@H](O)CNC(=O)C3CCC(OC4CCN(CC5CCNCC5)CC4)CC3)NCC2C1. The molecule has 5 N–H and O–H groups in total. The van der Waals surface area contributed by atoms with Crippen molar-refractivity contribution in [2.45, 2.75) is 127 Å². The fourth-order valence-corrected chi connectivity index (χ4v) is 8.87. The number of fused-ring (bicyclic) bond motifs is 1. The van der Waals surface area contributed by atoms with E-state index >= 15 is 0 Å². The van der Waals surface area contributed by atoms with E-state index in [2.05, 4.69) is 33.1 Å². The number of likely N-dealkylation sites (tertiary alicyclic amines) is 1. The van der Waals surface area contributed by atoms with Crippen LogP contribution >= 0.6 is 0 Å². The van der Waals surface area contributed by atoms with Gasteiger partial charge in [-0.1, -0.05) is 0 Å². The molecule has 2 saturated carbocycles. The summed E-state index contributed by atoms with van der Waals surface area (Å²) < 4.78 is 18.5. The number of aliphatic hydroxyl groups excluding tert-OH is 1. The van der Waals surface area contributed by atoms with Crippen LogP contribution in [0, 0.1) is 23.7 Å². The predicted octanol–water partition coefficient (Wildman–Crippen LogP) is 2.00. The van der Waals surface area contributed by atoms with E-state index in [1.165, 1.54) is 32.5 Å². The molecule has 4 saturated heterocycles. The minimum atomic E-state index is -0.553. The molecule has 5 unspecified atom stereocenters. The summed E-state index contributed by atoms with van der Waals surface area (Å²) in [7, 11) is 0. The second-order valence-corrected chi connectivity index (χ2v) is 15.0. The van der Waals surface area contributed by atoms with Crippen molar-refractivity contribution in [3.8, 4) is 0 Å². The highest BCUT2D eigenvalue weighted by molar-refractivity contribution is 5.78. The molecular formula is C34H61N5O5. The molecule has 0 bridgehead atoms. The molecule has 10 heteroatoms. The Morgan fingerprint density at radius 1 is 0.932 bits per heavy atom. The number of aliphatic hydroxyl groups is 1. The Labute approximate surface area is 265 Å². The summed E-state index contributed by atoms with van der Waals surface area (Å²) >= 11 is 0. The fourth-order valence-electron chi connectivity index (χ4n) is 8.87. The van der Waals surface area contributed by atoms with E-state index in [0.717, 1.165) is 89.8 Å². The van der Waals surface area contributed by atoms with Gasteiger partial charge in [0.25, 0.3) is 0 Å². The minimum absolute atomic E-state index is 0.0428. The zero-order valence-corrected chi connectivity index (χ0v) is 27.2. The van der Waals surface area contributed by atoms with Gasteiger partial charge >= 0.3 is 0 Å². The Morgan fingerprint density at radius 2 is 1.68 bits per heavy atom. The molecule has 0 spiro atoms. The first-order chi connectivity index (χ1) is 21.5. The Balaban J connectivity index is 0.825. The van der Waals surface area contributed by atoms with Crippen LogP contribution in [0.1, 0.15) is 84.0 Å². The third kappa shape index (κ3) is 9.15. The molecule has 0 aromatic heterocycles. The lowest BCUT2D eigenvalue weighted by molar-refractivity contribution is -0.128. The highest BCUT2D eigenvalue weighted by Crippen LogP contribution is 2.37. The molecule has 0 aromatic carbocycles. The molecular weight excluding hydrogens is 558 g/mol. The van der Waals surface area contributed by atoms with Gasteiger partial charge in [0.05, 0.1) is 43.9 Å². The van der Waals surface area contributed by atoms with E-state index in [-0.39, 0.29) is 24.0 Å². The van der Waals surface area contributed by atoms with Gasteiger partial charge in [-0.05, 0) is 121 Å². The van der Waals surface area contributed by atoms with Gasteiger partial charge in [0, 0.05) is 44.2 Å². The number of hydrogen-bond donors (Lipinski definition) is 5. The number of amides is 1. The molecule has 7 atom stereocenters. The molecule has 2 aliphatic carbocycles. The zero-order chi connectivity index (χ0) is 30.3. The van der Waals surface area contributed by atoms with Crippen LogP contribution in [0.25, 0.3) is 0 Å². The maximum atomic E-state index is 13.0. The first-order valence-corrected chi connectivity index (χ1v) is 18.2. The first kappa shape index (κ1) is 33.1. The standard InChI is InChI=1S/C34H61N5O5/c1-23-33(43-22-38-23)21-42-30-7-4-26-17-31(36-18-27(26)16-30)32(40)19-37-34(41)25-2-5-28(6-3-25)44-29-10-14-39(15-11-29)20-24-8-12-35-13-9-24/h23-33,35-36,38,40H,2-22H2,1H3,(H,37,41)/t23?,25?,26?,27?,28?,30?,31-,32+,33?/m0/s1. The molecule has 6 fully saturated rings. The number of piperidine rings is 3. The summed E-state index contributed by atoms with van der Waals surface area (Å²) in [5.74, 6) is 2.22. The topological polar surface area (TPSA) is 116 Å². The van der Waals surface area contributed by atoms with Crippen LogP contribution < -0.4 is 21.3 Å². The van der Waals surface area contributed by atoms with Crippen LogP contribution in [-0.2, 0) is 19.0 Å². The monoisotopic (exact) mass is 619 g/mol. The Bertz CT molecular complexity index is 876. The third-order valence-electron chi connectivity index (χ3n) is 11.9. The molecule has 44 heavy (non-hydrogen) atoms. The number of nitrogens with zero attached hydrogens (tertiary/aromatic N) is 1. The quantitative estimate of drug-likeness (QED) is 0.237. The largest absolute Gasteiger partial charge is 0.390 e. The molecule has 10 nitrogen and oxygen atoms in total. The van der Waals surface area contributed by atoms with Crippen LogP contribution in [0.5, 0.6) is 0 Å². The van der Waals surface area contributed by atoms with E-state index in [4.69, 9.17) is 14.2 Å². The highest BCUT2D eigenvalue weighted by atomic mass is 16.5. The number of nitrogens with one attached hydrogen (secondary N) is 4. The van der Waals surface area contributed by atoms with Crippen molar-refractivity contribution in [1.82, 2.24) is 26.2 Å². The lowest BCUT2D eigenvalue weighted by Crippen LogP contribution is -2.54.